The summed E-state index contributed by atoms with van der Waals surface area (Å²) in [5.41, 5.74) is 2.93. The van der Waals surface area contributed by atoms with Crippen LogP contribution in [0.1, 0.15) is 30.9 Å². The molecule has 0 unspecified atom stereocenters. The van der Waals surface area contributed by atoms with Crippen LogP contribution in [0.5, 0.6) is 5.75 Å². The summed E-state index contributed by atoms with van der Waals surface area (Å²) in [4.78, 5) is 0. The summed E-state index contributed by atoms with van der Waals surface area (Å²) in [6.07, 6.45) is 0. The molecule has 82 valence electrons. The number of rotatable bonds is 3. The lowest BCUT2D eigenvalue weighted by Gasteiger charge is -2.09. The van der Waals surface area contributed by atoms with Crippen LogP contribution in [0.25, 0.3) is 0 Å². The first-order chi connectivity index (χ1) is 7.00. The molecule has 0 radical (unpaired) electrons. The molecular weight excluding hydrogens is 212 g/mol. The molecule has 1 aromatic carbocycles. The van der Waals surface area contributed by atoms with E-state index >= 15 is 0 Å². The van der Waals surface area contributed by atoms with E-state index in [1.807, 2.05) is 19.1 Å². The Morgan fingerprint density at radius 1 is 1.33 bits per heavy atom. The third-order valence-electron chi connectivity index (χ3n) is 2.12. The van der Waals surface area contributed by atoms with Gasteiger partial charge in [-0.05, 0) is 30.0 Å². The lowest BCUT2D eigenvalue weighted by Crippen LogP contribution is -1.95. The van der Waals surface area contributed by atoms with Gasteiger partial charge in [0.2, 0.25) is 15.8 Å². The molecule has 0 N–H and O–H groups in total. The Morgan fingerprint density at radius 3 is 2.47 bits per heavy atom. The van der Waals surface area contributed by atoms with E-state index in [0.29, 0.717) is 11.7 Å². The lowest BCUT2D eigenvalue weighted by atomic mass is 10.0. The Hall–Kier alpha value is -1.29. The second-order valence-corrected chi connectivity index (χ2v) is 4.37. The first kappa shape index (κ1) is 11.8. The molecule has 0 aromatic heterocycles. The van der Waals surface area contributed by atoms with Crippen LogP contribution in [0, 0.1) is 6.92 Å². The molecule has 0 bridgehead atoms. The molecule has 0 fully saturated rings. The molecule has 15 heavy (non-hydrogen) atoms. The van der Waals surface area contributed by atoms with Crippen molar-refractivity contribution in [1.82, 2.24) is 0 Å². The summed E-state index contributed by atoms with van der Waals surface area (Å²) in [5.74, 6) is 1.03. The van der Waals surface area contributed by atoms with Crippen molar-refractivity contribution in [2.24, 2.45) is 0 Å². The zero-order chi connectivity index (χ0) is 11.4. The predicted octanol–water partition coefficient (Wildman–Crippen LogP) is 2.14. The Bertz CT molecular complexity index is 465. The fourth-order valence-electron chi connectivity index (χ4n) is 1.26. The second kappa shape index (κ2) is 4.98. The zero-order valence-electron chi connectivity index (χ0n) is 9.02. The van der Waals surface area contributed by atoms with Crippen molar-refractivity contribution < 1.29 is 13.2 Å². The minimum Gasteiger partial charge on any atom is -0.449 e. The average Bonchev–Trinajstić information content (AvgIpc) is 2.15. The topological polar surface area (TPSA) is 43.4 Å². The fourth-order valence-corrected chi connectivity index (χ4v) is 1.44. The summed E-state index contributed by atoms with van der Waals surface area (Å²) in [7, 11) is -2.29. The maximum Gasteiger partial charge on any atom is 0.249 e. The van der Waals surface area contributed by atoms with Crippen molar-refractivity contribution in [1.29, 1.82) is 0 Å². The highest BCUT2D eigenvalue weighted by atomic mass is 32.2. The lowest BCUT2D eigenvalue weighted by molar-refractivity contribution is 0.571. The third kappa shape index (κ3) is 3.40. The zero-order valence-corrected chi connectivity index (χ0v) is 9.84. The van der Waals surface area contributed by atoms with Gasteiger partial charge in [-0.25, -0.2) is 0 Å². The average molecular weight is 226 g/mol. The molecule has 1 aromatic rings. The fraction of sp³-hybridized carbons (Fsp3) is 0.364. The van der Waals surface area contributed by atoms with Crippen LogP contribution in [0.4, 0.5) is 0 Å². The van der Waals surface area contributed by atoms with Crippen LogP contribution in [0.2, 0.25) is 0 Å². The normalized spacial score (nSPS) is 10.1. The molecule has 0 aliphatic rings. The highest BCUT2D eigenvalue weighted by Gasteiger charge is 2.03. The van der Waals surface area contributed by atoms with Crippen molar-refractivity contribution in [2.75, 3.05) is 0 Å². The van der Waals surface area contributed by atoms with Crippen LogP contribution >= 0.6 is 0 Å². The van der Waals surface area contributed by atoms with Crippen LogP contribution in [0.15, 0.2) is 18.2 Å². The van der Waals surface area contributed by atoms with Gasteiger partial charge >= 0.3 is 0 Å². The van der Waals surface area contributed by atoms with Gasteiger partial charge in [0.05, 0.1) is 0 Å². The van der Waals surface area contributed by atoms with Crippen molar-refractivity contribution in [3.8, 4) is 5.75 Å². The number of hydrogen-bond donors (Lipinski definition) is 0. The third-order valence-corrected chi connectivity index (χ3v) is 2.37. The van der Waals surface area contributed by atoms with E-state index in [-0.39, 0.29) is 0 Å². The summed E-state index contributed by atoms with van der Waals surface area (Å²) in [5, 5.41) is 0. The molecule has 0 heterocycles. The predicted molar refractivity (Wildman–Crippen MR) is 60.9 cm³/mol. The number of aryl methyl sites for hydroxylation is 1. The summed E-state index contributed by atoms with van der Waals surface area (Å²) < 4.78 is 25.6. The minimum absolute atomic E-state index is 0.454. The molecule has 0 amide bonds. The van der Waals surface area contributed by atoms with E-state index in [0.717, 1.165) is 11.1 Å². The molecule has 0 spiro atoms. The maximum atomic E-state index is 10.3. The van der Waals surface area contributed by atoms with Gasteiger partial charge in [-0.2, -0.15) is 8.42 Å². The van der Waals surface area contributed by atoms with E-state index in [2.05, 4.69) is 13.8 Å². The van der Waals surface area contributed by atoms with Crippen molar-refractivity contribution >= 4 is 15.8 Å². The summed E-state index contributed by atoms with van der Waals surface area (Å²) in [6.45, 7) is 6.10. The monoisotopic (exact) mass is 226 g/mol. The van der Waals surface area contributed by atoms with Gasteiger partial charge in [0.25, 0.3) is 0 Å². The number of benzene rings is 1. The molecule has 0 aliphatic heterocycles. The second-order valence-electron chi connectivity index (χ2n) is 3.65. The Kier molecular flexibility index (Phi) is 3.91. The molecule has 0 atom stereocenters. The Labute approximate surface area is 91.2 Å². The minimum atomic E-state index is -2.29. The highest BCUT2D eigenvalue weighted by molar-refractivity contribution is 7.71. The van der Waals surface area contributed by atoms with Gasteiger partial charge in [0.15, 0.2) is 0 Å². The van der Waals surface area contributed by atoms with Crippen LogP contribution in [0.3, 0.4) is 0 Å². The van der Waals surface area contributed by atoms with Crippen molar-refractivity contribution in [3.63, 3.8) is 0 Å². The van der Waals surface area contributed by atoms with E-state index in [1.165, 1.54) is 5.56 Å². The molecule has 3 nitrogen and oxygen atoms in total. The molecule has 0 saturated heterocycles. The largest absolute Gasteiger partial charge is 0.449 e. The van der Waals surface area contributed by atoms with Gasteiger partial charge in [0.1, 0.15) is 5.75 Å². The smallest absolute Gasteiger partial charge is 0.249 e. The van der Waals surface area contributed by atoms with E-state index in [1.54, 1.807) is 6.07 Å². The Morgan fingerprint density at radius 2 is 2.00 bits per heavy atom. The van der Waals surface area contributed by atoms with Gasteiger partial charge < -0.3 is 4.74 Å². The van der Waals surface area contributed by atoms with E-state index in [9.17, 15) is 8.42 Å². The quantitative estimate of drug-likeness (QED) is 0.742. The molecule has 0 aliphatic carbocycles. The van der Waals surface area contributed by atoms with Crippen molar-refractivity contribution in [3.05, 3.63) is 29.3 Å². The van der Waals surface area contributed by atoms with Crippen LogP contribution in [-0.2, 0) is 10.3 Å². The molecular formula is C11H14O3S. The summed E-state index contributed by atoms with van der Waals surface area (Å²) >= 11 is 0. The van der Waals surface area contributed by atoms with E-state index < -0.39 is 10.3 Å². The van der Waals surface area contributed by atoms with Gasteiger partial charge in [0, 0.05) is 0 Å². The van der Waals surface area contributed by atoms with E-state index in [4.69, 9.17) is 4.74 Å². The van der Waals surface area contributed by atoms with Crippen LogP contribution in [-0.4, -0.2) is 14.0 Å². The first-order valence-corrected chi connectivity index (χ1v) is 5.83. The standard InChI is InChI=1S/C11H14O3S/c1-8(2)10-4-5-11(9(3)6-10)14-7-15(12)13/h4-8H,1-3H3. The molecule has 4 heteroatoms. The number of ether oxygens (including phenoxy) is 1. The first-order valence-electron chi connectivity index (χ1n) is 4.69. The summed E-state index contributed by atoms with van der Waals surface area (Å²) in [6, 6.07) is 5.73. The van der Waals surface area contributed by atoms with Gasteiger partial charge in [-0.1, -0.05) is 26.0 Å². The molecule has 1 rings (SSSR count). The van der Waals surface area contributed by atoms with Crippen molar-refractivity contribution in [2.45, 2.75) is 26.7 Å². The number of hydrogen-bond acceptors (Lipinski definition) is 3. The maximum absolute atomic E-state index is 10.3. The SMILES string of the molecule is Cc1cc(C(C)C)ccc1OC=S(=O)=O. The van der Waals surface area contributed by atoms with Gasteiger partial charge in [-0.3, -0.25) is 0 Å². The van der Waals surface area contributed by atoms with Gasteiger partial charge in [-0.15, -0.1) is 0 Å². The van der Waals surface area contributed by atoms with Crippen LogP contribution < -0.4 is 4.74 Å². The Balaban J connectivity index is 2.98. The molecule has 0 saturated carbocycles. The highest BCUT2D eigenvalue weighted by Crippen LogP contribution is 2.22.